The van der Waals surface area contributed by atoms with Gasteiger partial charge in [-0.1, -0.05) is 217 Å². The molecule has 1 aliphatic rings. The smallest absolute Gasteiger partial charge is 0.335 e. The summed E-state index contributed by atoms with van der Waals surface area (Å²) in [7, 11) is 0. The summed E-state index contributed by atoms with van der Waals surface area (Å²) in [6.45, 7) is 5.97. The lowest BCUT2D eigenvalue weighted by atomic mass is 9.98. The highest BCUT2D eigenvalue weighted by molar-refractivity contribution is 5.74. The van der Waals surface area contributed by atoms with Crippen LogP contribution in [0.2, 0.25) is 0 Å². The van der Waals surface area contributed by atoms with Gasteiger partial charge >= 0.3 is 23.9 Å². The van der Waals surface area contributed by atoms with Crippen molar-refractivity contribution in [3.8, 4) is 0 Å². The van der Waals surface area contributed by atoms with Gasteiger partial charge in [-0.2, -0.15) is 0 Å². The summed E-state index contributed by atoms with van der Waals surface area (Å²) < 4.78 is 28.5. The van der Waals surface area contributed by atoms with Gasteiger partial charge in [0.1, 0.15) is 18.8 Å². The quantitative estimate of drug-likeness (QED) is 0.0228. The fourth-order valence-corrected chi connectivity index (χ4v) is 9.45. The number of unbranched alkanes of at least 4 members (excludes halogenated alkanes) is 32. The first-order chi connectivity index (χ1) is 37.6. The standard InChI is InChI=1S/C65H114O12/c1-4-7-10-13-16-19-22-25-28-29-32-35-38-41-44-47-50-53-59(68)76-63-61(70)60(69)62(64(71)72)77-65(63)74-55-56(75-58(67)52-49-46-43-40-37-34-31-27-24-21-18-15-12-9-6-3)54-73-57(66)51-48-45-42-39-36-33-30-26-23-20-17-14-11-8-5-2/h16,19,25-28,30-31,56,60-63,65,69-70H,4-15,17-18,20-24,29,32-55H2,1-3H3,(H,71,72)/b19-16-,28-25-,30-26-,31-27-. The van der Waals surface area contributed by atoms with Gasteiger partial charge < -0.3 is 39.0 Å². The number of carbonyl (C=O) groups excluding carboxylic acids is 3. The molecule has 6 atom stereocenters. The Balaban J connectivity index is 2.68. The van der Waals surface area contributed by atoms with Crippen LogP contribution in [0.1, 0.15) is 290 Å². The summed E-state index contributed by atoms with van der Waals surface area (Å²) >= 11 is 0. The summed E-state index contributed by atoms with van der Waals surface area (Å²) in [5.74, 6) is -3.13. The maximum atomic E-state index is 13.2. The Hall–Kier alpha value is -3.32. The summed E-state index contributed by atoms with van der Waals surface area (Å²) in [6.07, 6.45) is 52.1. The number of aliphatic carboxylic acids is 1. The fourth-order valence-electron chi connectivity index (χ4n) is 9.45. The van der Waals surface area contributed by atoms with Crippen LogP contribution in [0.5, 0.6) is 0 Å². The van der Waals surface area contributed by atoms with Gasteiger partial charge in [-0.05, 0) is 103 Å². The molecule has 1 heterocycles. The predicted octanol–water partition coefficient (Wildman–Crippen LogP) is 16.6. The lowest BCUT2D eigenvalue weighted by Crippen LogP contribution is -2.61. The zero-order valence-corrected chi connectivity index (χ0v) is 49.2. The van der Waals surface area contributed by atoms with Crippen molar-refractivity contribution in [2.75, 3.05) is 13.2 Å². The number of aliphatic hydroxyl groups is 2. The van der Waals surface area contributed by atoms with Gasteiger partial charge in [-0.25, -0.2) is 4.79 Å². The van der Waals surface area contributed by atoms with Gasteiger partial charge in [0.25, 0.3) is 0 Å². The van der Waals surface area contributed by atoms with Crippen LogP contribution in [0.4, 0.5) is 0 Å². The predicted molar refractivity (Wildman–Crippen MR) is 312 cm³/mol. The molecule has 0 spiro atoms. The number of carboxylic acid groups (broad SMARTS) is 1. The number of allylic oxidation sites excluding steroid dienone is 8. The summed E-state index contributed by atoms with van der Waals surface area (Å²) in [5, 5.41) is 31.5. The second-order valence-corrected chi connectivity index (χ2v) is 21.7. The molecule has 1 saturated heterocycles. The van der Waals surface area contributed by atoms with Gasteiger partial charge in [0, 0.05) is 19.3 Å². The first-order valence-corrected chi connectivity index (χ1v) is 31.6. The van der Waals surface area contributed by atoms with E-state index in [9.17, 15) is 34.5 Å². The maximum absolute atomic E-state index is 13.2. The Bertz CT molecular complexity index is 1520. The van der Waals surface area contributed by atoms with E-state index in [2.05, 4.69) is 69.4 Å². The Kier molecular flexibility index (Phi) is 49.7. The van der Waals surface area contributed by atoms with Crippen molar-refractivity contribution in [1.82, 2.24) is 0 Å². The number of rotatable bonds is 54. The van der Waals surface area contributed by atoms with Crippen molar-refractivity contribution in [3.05, 3.63) is 48.6 Å². The van der Waals surface area contributed by atoms with E-state index in [0.29, 0.717) is 19.3 Å². The van der Waals surface area contributed by atoms with E-state index in [1.165, 1.54) is 96.3 Å². The molecule has 1 fully saturated rings. The number of ether oxygens (including phenoxy) is 5. The summed E-state index contributed by atoms with van der Waals surface area (Å²) in [5.41, 5.74) is 0. The molecule has 12 heteroatoms. The molecule has 0 saturated carbocycles. The Morgan fingerprint density at radius 3 is 1.21 bits per heavy atom. The van der Waals surface area contributed by atoms with Crippen molar-refractivity contribution >= 4 is 23.9 Å². The number of aliphatic hydroxyl groups excluding tert-OH is 2. The van der Waals surface area contributed by atoms with Crippen molar-refractivity contribution in [3.63, 3.8) is 0 Å². The number of esters is 3. The van der Waals surface area contributed by atoms with Gasteiger partial charge in [0.2, 0.25) is 0 Å². The molecular formula is C65H114O12. The van der Waals surface area contributed by atoms with Crippen LogP contribution in [0, 0.1) is 0 Å². The highest BCUT2D eigenvalue weighted by Gasteiger charge is 2.50. The molecule has 0 radical (unpaired) electrons. The molecular weight excluding hydrogens is 973 g/mol. The third kappa shape index (κ3) is 43.2. The highest BCUT2D eigenvalue weighted by Crippen LogP contribution is 2.27. The van der Waals surface area contributed by atoms with Crippen molar-refractivity contribution < 1.29 is 58.2 Å². The van der Waals surface area contributed by atoms with E-state index in [-0.39, 0.29) is 25.9 Å². The minimum absolute atomic E-state index is 0.0511. The normalized spacial score (nSPS) is 18.3. The van der Waals surface area contributed by atoms with Crippen LogP contribution < -0.4 is 0 Å². The third-order valence-electron chi connectivity index (χ3n) is 14.3. The van der Waals surface area contributed by atoms with Crippen LogP contribution in [0.3, 0.4) is 0 Å². The van der Waals surface area contributed by atoms with Gasteiger partial charge in [-0.3, -0.25) is 14.4 Å². The average Bonchev–Trinajstić information content (AvgIpc) is 3.43. The Morgan fingerprint density at radius 1 is 0.429 bits per heavy atom. The number of carbonyl (C=O) groups is 4. The third-order valence-corrected chi connectivity index (χ3v) is 14.3. The molecule has 0 aromatic heterocycles. The zero-order valence-electron chi connectivity index (χ0n) is 49.2. The monoisotopic (exact) mass is 1090 g/mol. The van der Waals surface area contributed by atoms with E-state index < -0.39 is 67.3 Å². The largest absolute Gasteiger partial charge is 0.479 e. The molecule has 3 N–H and O–H groups in total. The highest BCUT2D eigenvalue weighted by atomic mass is 16.7. The second kappa shape index (κ2) is 53.3. The minimum atomic E-state index is -1.91. The Morgan fingerprint density at radius 2 is 0.779 bits per heavy atom. The first kappa shape index (κ1) is 71.7. The Labute approximate surface area is 469 Å². The molecule has 0 bridgehead atoms. The molecule has 0 aliphatic carbocycles. The van der Waals surface area contributed by atoms with Crippen LogP contribution in [0.25, 0.3) is 0 Å². The molecule has 0 amide bonds. The lowest BCUT2D eigenvalue weighted by molar-refractivity contribution is -0.301. The van der Waals surface area contributed by atoms with E-state index in [1.807, 2.05) is 0 Å². The topological polar surface area (TPSA) is 175 Å². The SMILES string of the molecule is CCCCC/C=C\C/C=C\CCCCCCCCCC(=O)OC1C(OCC(COC(=O)CCCCCCC/C=C\CCCCCCCC)OC(=O)CCCCCCC/C=C\CCCCCCCC)OC(C(=O)O)C(O)C1O. The molecule has 0 aromatic carbocycles. The number of hydrogen-bond donors (Lipinski definition) is 3. The second-order valence-electron chi connectivity index (χ2n) is 21.7. The summed E-state index contributed by atoms with van der Waals surface area (Å²) in [6, 6.07) is 0. The van der Waals surface area contributed by atoms with Gasteiger partial charge in [0.05, 0.1) is 6.61 Å². The van der Waals surface area contributed by atoms with Crippen LogP contribution >= 0.6 is 0 Å². The van der Waals surface area contributed by atoms with Crippen molar-refractivity contribution in [1.29, 1.82) is 0 Å². The van der Waals surface area contributed by atoms with E-state index >= 15 is 0 Å². The molecule has 6 unspecified atom stereocenters. The molecule has 446 valence electrons. The van der Waals surface area contributed by atoms with Crippen LogP contribution in [0.15, 0.2) is 48.6 Å². The number of hydrogen-bond acceptors (Lipinski definition) is 11. The average molecular weight is 1090 g/mol. The van der Waals surface area contributed by atoms with Crippen molar-refractivity contribution in [2.24, 2.45) is 0 Å². The van der Waals surface area contributed by atoms with Gasteiger partial charge in [-0.15, -0.1) is 0 Å². The molecule has 12 nitrogen and oxygen atoms in total. The fraction of sp³-hybridized carbons (Fsp3) is 0.815. The minimum Gasteiger partial charge on any atom is -0.479 e. The summed E-state index contributed by atoms with van der Waals surface area (Å²) in [4.78, 5) is 51.2. The molecule has 77 heavy (non-hydrogen) atoms. The van der Waals surface area contributed by atoms with Gasteiger partial charge in [0.15, 0.2) is 24.6 Å². The van der Waals surface area contributed by atoms with Crippen LogP contribution in [-0.2, 0) is 42.9 Å². The van der Waals surface area contributed by atoms with Crippen molar-refractivity contribution in [2.45, 2.75) is 327 Å². The number of carboxylic acids is 1. The van der Waals surface area contributed by atoms with E-state index in [0.717, 1.165) is 135 Å². The van der Waals surface area contributed by atoms with E-state index in [1.54, 1.807) is 0 Å². The maximum Gasteiger partial charge on any atom is 0.335 e. The first-order valence-electron chi connectivity index (χ1n) is 31.6. The van der Waals surface area contributed by atoms with Crippen LogP contribution in [-0.4, -0.2) is 89.2 Å². The van der Waals surface area contributed by atoms with E-state index in [4.69, 9.17) is 23.7 Å². The zero-order chi connectivity index (χ0) is 56.1. The molecule has 1 rings (SSSR count). The lowest BCUT2D eigenvalue weighted by Gasteiger charge is -2.40. The molecule has 1 aliphatic heterocycles. The molecule has 0 aromatic rings.